The molecule has 1 heterocycles. The van der Waals surface area contributed by atoms with Crippen LogP contribution in [0, 0.1) is 6.92 Å². The maximum absolute atomic E-state index is 5.40. The summed E-state index contributed by atoms with van der Waals surface area (Å²) in [7, 11) is 0. The van der Waals surface area contributed by atoms with Crippen LogP contribution in [0.3, 0.4) is 0 Å². The number of H-pyrrole nitrogens is 1. The third-order valence-electron chi connectivity index (χ3n) is 1.99. The van der Waals surface area contributed by atoms with Crippen molar-refractivity contribution < 1.29 is 0 Å². The summed E-state index contributed by atoms with van der Waals surface area (Å²) < 4.78 is 0. The van der Waals surface area contributed by atoms with E-state index in [9.17, 15) is 0 Å². The van der Waals surface area contributed by atoms with Crippen LogP contribution in [-0.4, -0.2) is 20.3 Å². The first-order chi connectivity index (χ1) is 7.65. The number of thiocarbonyl (C=S) groups is 1. The van der Waals surface area contributed by atoms with Crippen LogP contribution in [0.5, 0.6) is 0 Å². The fourth-order valence-electron chi connectivity index (χ4n) is 1.35. The molecule has 0 aliphatic carbocycles. The number of nitrogens with one attached hydrogen (secondary N) is 2. The number of hydrogen-bond donors (Lipinski definition) is 3. The van der Waals surface area contributed by atoms with E-state index in [-0.39, 0.29) is 5.11 Å². The van der Waals surface area contributed by atoms with E-state index in [2.05, 4.69) is 20.5 Å². The molecule has 5 nitrogen and oxygen atoms in total. The fourth-order valence-corrected chi connectivity index (χ4v) is 1.47. The Morgan fingerprint density at radius 1 is 1.50 bits per heavy atom. The van der Waals surface area contributed by atoms with Crippen molar-refractivity contribution in [3.05, 3.63) is 30.1 Å². The first-order valence-corrected chi connectivity index (χ1v) is 5.12. The van der Waals surface area contributed by atoms with Crippen molar-refractivity contribution in [2.75, 3.05) is 5.32 Å². The van der Waals surface area contributed by atoms with Crippen molar-refractivity contribution in [1.82, 2.24) is 15.2 Å². The van der Waals surface area contributed by atoms with Crippen LogP contribution >= 0.6 is 12.2 Å². The summed E-state index contributed by atoms with van der Waals surface area (Å²) in [5.74, 6) is 1.44. The summed E-state index contributed by atoms with van der Waals surface area (Å²) in [6.07, 6.45) is 0. The largest absolute Gasteiger partial charge is 0.376 e. The summed E-state index contributed by atoms with van der Waals surface area (Å²) >= 11 is 4.77. The van der Waals surface area contributed by atoms with Crippen LogP contribution in [0.15, 0.2) is 24.3 Å². The Balaban J connectivity index is 2.32. The summed E-state index contributed by atoms with van der Waals surface area (Å²) in [6.45, 7) is 1.85. The lowest BCUT2D eigenvalue weighted by atomic mass is 10.2. The molecule has 0 bridgehead atoms. The molecule has 1 aromatic heterocycles. The molecule has 0 aliphatic heterocycles. The van der Waals surface area contributed by atoms with Crippen molar-refractivity contribution in [3.63, 3.8) is 0 Å². The van der Waals surface area contributed by atoms with Gasteiger partial charge in [-0.1, -0.05) is 12.1 Å². The zero-order valence-electron chi connectivity index (χ0n) is 8.69. The number of benzene rings is 1. The van der Waals surface area contributed by atoms with E-state index in [0.717, 1.165) is 17.1 Å². The minimum atomic E-state index is 0.239. The van der Waals surface area contributed by atoms with Crippen LogP contribution in [0.4, 0.5) is 5.69 Å². The normalized spacial score (nSPS) is 10.1. The third-order valence-corrected chi connectivity index (χ3v) is 2.09. The predicted molar refractivity (Wildman–Crippen MR) is 67.0 cm³/mol. The number of nitrogens with two attached hydrogens (primary N) is 1. The topological polar surface area (TPSA) is 79.6 Å². The van der Waals surface area contributed by atoms with E-state index in [1.165, 1.54) is 0 Å². The predicted octanol–water partition coefficient (Wildman–Crippen LogP) is 1.44. The van der Waals surface area contributed by atoms with Gasteiger partial charge in [0.25, 0.3) is 0 Å². The number of aromatic nitrogens is 3. The van der Waals surface area contributed by atoms with Gasteiger partial charge in [0.05, 0.1) is 0 Å². The average molecular weight is 233 g/mol. The zero-order chi connectivity index (χ0) is 11.5. The molecule has 0 saturated heterocycles. The molecule has 0 amide bonds. The molecule has 0 atom stereocenters. The van der Waals surface area contributed by atoms with Crippen molar-refractivity contribution >= 4 is 23.0 Å². The first-order valence-electron chi connectivity index (χ1n) is 4.71. The Kier molecular flexibility index (Phi) is 2.82. The van der Waals surface area contributed by atoms with Gasteiger partial charge in [-0.25, -0.2) is 4.98 Å². The molecular formula is C10H11N5S. The van der Waals surface area contributed by atoms with Gasteiger partial charge in [-0.15, -0.1) is 0 Å². The molecule has 2 rings (SSSR count). The maximum Gasteiger partial charge on any atom is 0.181 e. The summed E-state index contributed by atoms with van der Waals surface area (Å²) in [4.78, 5) is 4.24. The Hall–Kier alpha value is -1.95. The van der Waals surface area contributed by atoms with Gasteiger partial charge >= 0.3 is 0 Å². The molecule has 1 aromatic carbocycles. The fraction of sp³-hybridized carbons (Fsp3) is 0.100. The molecule has 0 spiro atoms. The average Bonchev–Trinajstić information content (AvgIpc) is 2.64. The number of hydrogen-bond acceptors (Lipinski definition) is 3. The van der Waals surface area contributed by atoms with Gasteiger partial charge in [0.15, 0.2) is 10.9 Å². The van der Waals surface area contributed by atoms with Crippen LogP contribution in [0.25, 0.3) is 11.4 Å². The highest BCUT2D eigenvalue weighted by Gasteiger charge is 2.04. The monoisotopic (exact) mass is 233 g/mol. The van der Waals surface area contributed by atoms with Gasteiger partial charge in [0.2, 0.25) is 0 Å². The SMILES string of the molecule is Cc1nc(-c2cccc(NC(N)=S)c2)n[nH]1. The van der Waals surface area contributed by atoms with Gasteiger partial charge in [-0.2, -0.15) is 5.10 Å². The summed E-state index contributed by atoms with van der Waals surface area (Å²) in [5.41, 5.74) is 7.13. The van der Waals surface area contributed by atoms with Gasteiger partial charge in [0.1, 0.15) is 5.82 Å². The lowest BCUT2D eigenvalue weighted by Crippen LogP contribution is -2.18. The molecule has 16 heavy (non-hydrogen) atoms. The quantitative estimate of drug-likeness (QED) is 0.684. The van der Waals surface area contributed by atoms with Crippen LogP contribution in [-0.2, 0) is 0 Å². The zero-order valence-corrected chi connectivity index (χ0v) is 9.51. The maximum atomic E-state index is 5.40. The molecular weight excluding hydrogens is 222 g/mol. The molecule has 0 radical (unpaired) electrons. The molecule has 2 aromatic rings. The molecule has 0 saturated carbocycles. The van der Waals surface area contributed by atoms with Crippen molar-refractivity contribution in [1.29, 1.82) is 0 Å². The standard InChI is InChI=1S/C10H11N5S/c1-6-12-9(15-14-6)7-3-2-4-8(5-7)13-10(11)16/h2-5H,1H3,(H3,11,13,16)(H,12,14,15). The Bertz CT molecular complexity index is 519. The van der Waals surface area contributed by atoms with Gasteiger partial charge in [-0.3, -0.25) is 5.10 Å². The van der Waals surface area contributed by atoms with Crippen LogP contribution in [0.2, 0.25) is 0 Å². The second-order valence-electron chi connectivity index (χ2n) is 3.31. The van der Waals surface area contributed by atoms with E-state index in [1.807, 2.05) is 31.2 Å². The van der Waals surface area contributed by atoms with E-state index in [0.29, 0.717) is 5.82 Å². The summed E-state index contributed by atoms with van der Waals surface area (Å²) in [5, 5.41) is 9.98. The van der Waals surface area contributed by atoms with Crippen molar-refractivity contribution in [2.45, 2.75) is 6.92 Å². The molecule has 0 aliphatic rings. The Labute approximate surface area is 98.1 Å². The highest BCUT2D eigenvalue weighted by Crippen LogP contribution is 2.18. The highest BCUT2D eigenvalue weighted by atomic mass is 32.1. The molecule has 4 N–H and O–H groups in total. The minimum Gasteiger partial charge on any atom is -0.376 e. The van der Waals surface area contributed by atoms with E-state index in [1.54, 1.807) is 0 Å². The second-order valence-corrected chi connectivity index (χ2v) is 3.75. The molecule has 82 valence electrons. The molecule has 6 heteroatoms. The number of anilines is 1. The van der Waals surface area contributed by atoms with Crippen molar-refractivity contribution in [3.8, 4) is 11.4 Å². The van der Waals surface area contributed by atoms with E-state index < -0.39 is 0 Å². The number of aromatic amines is 1. The van der Waals surface area contributed by atoms with Gasteiger partial charge in [0, 0.05) is 11.3 Å². The second kappa shape index (κ2) is 4.28. The van der Waals surface area contributed by atoms with E-state index in [4.69, 9.17) is 18.0 Å². The number of rotatable bonds is 2. The minimum absolute atomic E-state index is 0.239. The first kappa shape index (κ1) is 10.6. The van der Waals surface area contributed by atoms with Crippen LogP contribution in [0.1, 0.15) is 5.82 Å². The lowest BCUT2D eigenvalue weighted by Gasteiger charge is -2.04. The molecule has 0 unspecified atom stereocenters. The van der Waals surface area contributed by atoms with Crippen molar-refractivity contribution in [2.24, 2.45) is 5.73 Å². The number of aryl methyl sites for hydroxylation is 1. The molecule has 0 fully saturated rings. The highest BCUT2D eigenvalue weighted by molar-refractivity contribution is 7.80. The number of nitrogens with zero attached hydrogens (tertiary/aromatic N) is 2. The van der Waals surface area contributed by atoms with Gasteiger partial charge < -0.3 is 11.1 Å². The van der Waals surface area contributed by atoms with Crippen LogP contribution < -0.4 is 11.1 Å². The summed E-state index contributed by atoms with van der Waals surface area (Å²) in [6, 6.07) is 7.58. The smallest absolute Gasteiger partial charge is 0.181 e. The third kappa shape index (κ3) is 2.34. The van der Waals surface area contributed by atoms with Gasteiger partial charge in [-0.05, 0) is 31.3 Å². The Morgan fingerprint density at radius 3 is 2.94 bits per heavy atom. The lowest BCUT2D eigenvalue weighted by molar-refractivity contribution is 1.04. The van der Waals surface area contributed by atoms with E-state index >= 15 is 0 Å². The Morgan fingerprint density at radius 2 is 2.31 bits per heavy atom.